The Bertz CT molecular complexity index is 303. The molecule has 19 heavy (non-hydrogen) atoms. The second kappa shape index (κ2) is 7.50. The molecule has 0 radical (unpaired) electrons. The summed E-state index contributed by atoms with van der Waals surface area (Å²) in [4.78, 5) is 7.31. The summed E-state index contributed by atoms with van der Waals surface area (Å²) in [5.41, 5.74) is 0. The van der Waals surface area contributed by atoms with Gasteiger partial charge in [0.25, 0.3) is 0 Å². The third-order valence-electron chi connectivity index (χ3n) is 3.71. The van der Waals surface area contributed by atoms with E-state index in [4.69, 9.17) is 9.73 Å². The molecule has 0 aromatic heterocycles. The molecular formula is C14H27N3OS. The van der Waals surface area contributed by atoms with E-state index < -0.39 is 0 Å². The van der Waals surface area contributed by atoms with E-state index in [0.29, 0.717) is 18.0 Å². The van der Waals surface area contributed by atoms with E-state index in [1.54, 1.807) is 0 Å². The number of aliphatic imine (C=N–C) groups is 1. The molecule has 2 aliphatic rings. The first-order valence-electron chi connectivity index (χ1n) is 7.42. The highest BCUT2D eigenvalue weighted by molar-refractivity contribution is 8.13. The number of rotatable bonds is 4. The molecule has 0 aromatic rings. The molecule has 0 bridgehead atoms. The molecule has 0 saturated carbocycles. The normalized spacial score (nSPS) is 27.2. The van der Waals surface area contributed by atoms with E-state index in [-0.39, 0.29) is 0 Å². The van der Waals surface area contributed by atoms with Gasteiger partial charge < -0.3 is 10.1 Å². The molecule has 0 aliphatic carbocycles. The van der Waals surface area contributed by atoms with Crippen LogP contribution in [-0.2, 0) is 4.74 Å². The monoisotopic (exact) mass is 285 g/mol. The van der Waals surface area contributed by atoms with Crippen molar-refractivity contribution in [2.45, 2.75) is 39.3 Å². The van der Waals surface area contributed by atoms with E-state index in [1.165, 1.54) is 12.2 Å². The second-order valence-electron chi connectivity index (χ2n) is 5.84. The van der Waals surface area contributed by atoms with Gasteiger partial charge in [0.1, 0.15) is 0 Å². The molecule has 1 saturated heterocycles. The maximum atomic E-state index is 5.38. The zero-order chi connectivity index (χ0) is 13.7. The van der Waals surface area contributed by atoms with Crippen molar-refractivity contribution in [1.29, 1.82) is 0 Å². The van der Waals surface area contributed by atoms with Crippen molar-refractivity contribution >= 4 is 16.9 Å². The zero-order valence-electron chi connectivity index (χ0n) is 12.4. The van der Waals surface area contributed by atoms with Gasteiger partial charge in [0.2, 0.25) is 0 Å². The van der Waals surface area contributed by atoms with Gasteiger partial charge in [-0.1, -0.05) is 25.6 Å². The molecule has 0 amide bonds. The lowest BCUT2D eigenvalue weighted by Crippen LogP contribution is -2.46. The van der Waals surface area contributed by atoms with Crippen molar-refractivity contribution in [2.24, 2.45) is 10.9 Å². The van der Waals surface area contributed by atoms with Crippen LogP contribution in [0.4, 0.5) is 0 Å². The van der Waals surface area contributed by atoms with Crippen LogP contribution in [0.3, 0.4) is 0 Å². The summed E-state index contributed by atoms with van der Waals surface area (Å²) >= 11 is 1.87. The number of hydrogen-bond donors (Lipinski definition) is 1. The van der Waals surface area contributed by atoms with E-state index >= 15 is 0 Å². The number of nitrogens with zero attached hydrogens (tertiary/aromatic N) is 2. The van der Waals surface area contributed by atoms with Crippen LogP contribution in [0.5, 0.6) is 0 Å². The average molecular weight is 285 g/mol. The lowest BCUT2D eigenvalue weighted by atomic mass is 10.0. The Balaban J connectivity index is 1.79. The SMILES string of the molecule is CC(CN1CCOCC1)NC1=NC(C(C)C)CCS1. The maximum absolute atomic E-state index is 5.38. The fourth-order valence-electron chi connectivity index (χ4n) is 2.52. The van der Waals surface area contributed by atoms with Crippen LogP contribution in [0.1, 0.15) is 27.2 Å². The van der Waals surface area contributed by atoms with Crippen LogP contribution in [0, 0.1) is 5.92 Å². The summed E-state index contributed by atoms with van der Waals surface area (Å²) in [7, 11) is 0. The van der Waals surface area contributed by atoms with Crippen LogP contribution in [-0.4, -0.2) is 60.8 Å². The molecule has 2 unspecified atom stereocenters. The average Bonchev–Trinajstić information content (AvgIpc) is 2.40. The summed E-state index contributed by atoms with van der Waals surface area (Å²) in [5, 5.41) is 4.73. The third-order valence-corrected chi connectivity index (χ3v) is 4.65. The van der Waals surface area contributed by atoms with Gasteiger partial charge in [-0.2, -0.15) is 0 Å². The second-order valence-corrected chi connectivity index (χ2v) is 6.92. The topological polar surface area (TPSA) is 36.9 Å². The van der Waals surface area contributed by atoms with Crippen molar-refractivity contribution in [2.75, 3.05) is 38.6 Å². The van der Waals surface area contributed by atoms with E-state index in [0.717, 1.165) is 38.0 Å². The highest BCUT2D eigenvalue weighted by atomic mass is 32.2. The van der Waals surface area contributed by atoms with Gasteiger partial charge in [0, 0.05) is 31.4 Å². The highest BCUT2D eigenvalue weighted by Crippen LogP contribution is 2.21. The van der Waals surface area contributed by atoms with Crippen LogP contribution >= 0.6 is 11.8 Å². The Labute approximate surface area is 121 Å². The van der Waals surface area contributed by atoms with Gasteiger partial charge >= 0.3 is 0 Å². The molecule has 2 heterocycles. The van der Waals surface area contributed by atoms with Crippen molar-refractivity contribution in [3.8, 4) is 0 Å². The molecular weight excluding hydrogens is 258 g/mol. The largest absolute Gasteiger partial charge is 0.379 e. The number of hydrogen-bond acceptors (Lipinski definition) is 5. The van der Waals surface area contributed by atoms with Crippen molar-refractivity contribution in [3.05, 3.63) is 0 Å². The Morgan fingerprint density at radius 1 is 1.37 bits per heavy atom. The highest BCUT2D eigenvalue weighted by Gasteiger charge is 2.20. The molecule has 110 valence electrons. The van der Waals surface area contributed by atoms with Crippen molar-refractivity contribution in [3.63, 3.8) is 0 Å². The zero-order valence-corrected chi connectivity index (χ0v) is 13.2. The van der Waals surface area contributed by atoms with Gasteiger partial charge in [-0.3, -0.25) is 9.89 Å². The standard InChI is InChI=1S/C14H27N3OS/c1-11(2)13-4-9-19-14(16-13)15-12(3)10-17-5-7-18-8-6-17/h11-13H,4-10H2,1-3H3,(H,15,16). The van der Waals surface area contributed by atoms with E-state index in [1.807, 2.05) is 11.8 Å². The molecule has 0 spiro atoms. The van der Waals surface area contributed by atoms with Gasteiger partial charge in [-0.15, -0.1) is 0 Å². The summed E-state index contributed by atoms with van der Waals surface area (Å²) in [6.07, 6.45) is 1.21. The molecule has 5 heteroatoms. The summed E-state index contributed by atoms with van der Waals surface area (Å²) in [5.74, 6) is 1.84. The Kier molecular flexibility index (Phi) is 5.98. The Hall–Kier alpha value is -0.260. The van der Waals surface area contributed by atoms with Gasteiger partial charge in [0.05, 0.1) is 19.3 Å². The predicted octanol–water partition coefficient (Wildman–Crippen LogP) is 1.81. The molecule has 1 fully saturated rings. The van der Waals surface area contributed by atoms with Crippen LogP contribution in [0.15, 0.2) is 4.99 Å². The fourth-order valence-corrected chi connectivity index (χ4v) is 3.56. The van der Waals surface area contributed by atoms with Crippen LogP contribution in [0.2, 0.25) is 0 Å². The minimum absolute atomic E-state index is 0.454. The number of thioether (sulfide) groups is 1. The number of nitrogens with one attached hydrogen (secondary N) is 1. The minimum Gasteiger partial charge on any atom is -0.379 e. The van der Waals surface area contributed by atoms with Gasteiger partial charge in [-0.05, 0) is 19.3 Å². The lowest BCUT2D eigenvalue weighted by Gasteiger charge is -2.31. The molecule has 0 aromatic carbocycles. The minimum atomic E-state index is 0.454. The first-order valence-corrected chi connectivity index (χ1v) is 8.41. The Morgan fingerprint density at radius 3 is 2.79 bits per heavy atom. The first kappa shape index (κ1) is 15.1. The van der Waals surface area contributed by atoms with E-state index in [2.05, 4.69) is 31.0 Å². The quantitative estimate of drug-likeness (QED) is 0.855. The molecule has 1 N–H and O–H groups in total. The lowest BCUT2D eigenvalue weighted by molar-refractivity contribution is 0.0353. The molecule has 2 rings (SSSR count). The first-order chi connectivity index (χ1) is 9.15. The molecule has 2 aliphatic heterocycles. The summed E-state index contributed by atoms with van der Waals surface area (Å²) in [6, 6.07) is 0.953. The maximum Gasteiger partial charge on any atom is 0.157 e. The van der Waals surface area contributed by atoms with Crippen LogP contribution in [0.25, 0.3) is 0 Å². The van der Waals surface area contributed by atoms with Crippen molar-refractivity contribution < 1.29 is 4.74 Å². The third kappa shape index (κ3) is 4.97. The van der Waals surface area contributed by atoms with Crippen LogP contribution < -0.4 is 5.32 Å². The Morgan fingerprint density at radius 2 is 2.11 bits per heavy atom. The number of morpholine rings is 1. The smallest absolute Gasteiger partial charge is 0.157 e. The molecule has 4 nitrogen and oxygen atoms in total. The number of ether oxygens (including phenoxy) is 1. The van der Waals surface area contributed by atoms with Gasteiger partial charge in [0.15, 0.2) is 5.17 Å². The summed E-state index contributed by atoms with van der Waals surface area (Å²) < 4.78 is 5.38. The summed E-state index contributed by atoms with van der Waals surface area (Å²) in [6.45, 7) is 11.7. The van der Waals surface area contributed by atoms with E-state index in [9.17, 15) is 0 Å². The van der Waals surface area contributed by atoms with Gasteiger partial charge in [-0.25, -0.2) is 0 Å². The number of amidine groups is 1. The van der Waals surface area contributed by atoms with Crippen molar-refractivity contribution in [1.82, 2.24) is 10.2 Å². The molecule has 2 atom stereocenters. The fraction of sp³-hybridized carbons (Fsp3) is 0.929. The predicted molar refractivity (Wildman–Crippen MR) is 83.0 cm³/mol.